The fraction of sp³-hybridized carbons (Fsp3) is 0.200. The van der Waals surface area contributed by atoms with E-state index < -0.39 is 0 Å². The van der Waals surface area contributed by atoms with Gasteiger partial charge in [0, 0.05) is 28.7 Å². The Balaban J connectivity index is 2.09. The average Bonchev–Trinajstić information content (AvgIpc) is 2.46. The van der Waals surface area contributed by atoms with Gasteiger partial charge in [0.1, 0.15) is 0 Å². The van der Waals surface area contributed by atoms with Crippen molar-refractivity contribution in [2.45, 2.75) is 19.5 Å². The van der Waals surface area contributed by atoms with Crippen LogP contribution in [0.15, 0.2) is 53.0 Å². The van der Waals surface area contributed by atoms with Crippen LogP contribution in [0, 0.1) is 10.1 Å². The molecule has 0 aliphatic rings. The van der Waals surface area contributed by atoms with E-state index >= 15 is 0 Å². The third-order valence-corrected chi connectivity index (χ3v) is 3.64. The molecule has 5 heteroatoms. The van der Waals surface area contributed by atoms with Gasteiger partial charge in [-0.25, -0.2) is 0 Å². The van der Waals surface area contributed by atoms with Crippen LogP contribution < -0.4 is 5.32 Å². The third kappa shape index (κ3) is 3.65. The average molecular weight is 335 g/mol. The van der Waals surface area contributed by atoms with Gasteiger partial charge >= 0.3 is 0 Å². The van der Waals surface area contributed by atoms with Crippen LogP contribution in [-0.2, 0) is 6.54 Å². The van der Waals surface area contributed by atoms with Gasteiger partial charge in [0.25, 0.3) is 5.69 Å². The number of rotatable bonds is 5. The summed E-state index contributed by atoms with van der Waals surface area (Å²) in [6.07, 6.45) is 0. The van der Waals surface area contributed by atoms with Crippen molar-refractivity contribution in [1.82, 2.24) is 5.32 Å². The summed E-state index contributed by atoms with van der Waals surface area (Å²) >= 11 is 3.26. The van der Waals surface area contributed by atoms with Gasteiger partial charge in [-0.05, 0) is 24.6 Å². The van der Waals surface area contributed by atoms with Crippen LogP contribution in [0.3, 0.4) is 0 Å². The molecule has 1 N–H and O–H groups in total. The van der Waals surface area contributed by atoms with E-state index in [9.17, 15) is 10.1 Å². The molecule has 2 rings (SSSR count). The van der Waals surface area contributed by atoms with Crippen LogP contribution in [0.2, 0.25) is 0 Å². The molecule has 0 radical (unpaired) electrons. The summed E-state index contributed by atoms with van der Waals surface area (Å²) in [5.41, 5.74) is 1.97. The molecule has 1 atom stereocenters. The smallest absolute Gasteiger partial charge is 0.275 e. The first-order chi connectivity index (χ1) is 9.58. The lowest BCUT2D eigenvalue weighted by Gasteiger charge is -2.14. The Morgan fingerprint density at radius 2 is 1.95 bits per heavy atom. The van der Waals surface area contributed by atoms with Gasteiger partial charge in [-0.15, -0.1) is 0 Å². The molecular formula is C15H15BrN2O2. The van der Waals surface area contributed by atoms with E-state index in [1.54, 1.807) is 6.07 Å². The molecule has 0 aliphatic heterocycles. The highest BCUT2D eigenvalue weighted by Gasteiger charge is 2.14. The maximum absolute atomic E-state index is 11.0. The van der Waals surface area contributed by atoms with Gasteiger partial charge < -0.3 is 5.32 Å². The second-order valence-corrected chi connectivity index (χ2v) is 5.46. The fourth-order valence-electron chi connectivity index (χ4n) is 1.98. The predicted molar refractivity (Wildman–Crippen MR) is 82.5 cm³/mol. The van der Waals surface area contributed by atoms with E-state index in [0.29, 0.717) is 16.6 Å². The van der Waals surface area contributed by atoms with E-state index in [1.165, 1.54) is 6.07 Å². The molecule has 0 unspecified atom stereocenters. The SMILES string of the molecule is C[C@@H](NCc1ccc(Br)cc1[N+](=O)[O-])c1ccccc1. The lowest BCUT2D eigenvalue weighted by atomic mass is 10.1. The maximum atomic E-state index is 11.0. The monoisotopic (exact) mass is 334 g/mol. The van der Waals surface area contributed by atoms with Crippen LogP contribution in [0.1, 0.15) is 24.1 Å². The van der Waals surface area contributed by atoms with Crippen molar-refractivity contribution < 1.29 is 4.92 Å². The van der Waals surface area contributed by atoms with Crippen LogP contribution in [0.4, 0.5) is 5.69 Å². The van der Waals surface area contributed by atoms with Gasteiger partial charge in [-0.2, -0.15) is 0 Å². The third-order valence-electron chi connectivity index (χ3n) is 3.14. The highest BCUT2D eigenvalue weighted by Crippen LogP contribution is 2.24. The van der Waals surface area contributed by atoms with Crippen LogP contribution in [-0.4, -0.2) is 4.92 Å². The molecule has 0 fully saturated rings. The van der Waals surface area contributed by atoms with E-state index in [1.807, 2.05) is 43.3 Å². The summed E-state index contributed by atoms with van der Waals surface area (Å²) in [5, 5.41) is 14.4. The molecule has 2 aromatic carbocycles. The number of nitro benzene ring substituents is 1. The normalized spacial score (nSPS) is 12.1. The van der Waals surface area contributed by atoms with Crippen molar-refractivity contribution in [2.75, 3.05) is 0 Å². The zero-order valence-corrected chi connectivity index (χ0v) is 12.6. The molecule has 0 aliphatic carbocycles. The molecule has 0 spiro atoms. The highest BCUT2D eigenvalue weighted by molar-refractivity contribution is 9.10. The molecule has 0 heterocycles. The minimum absolute atomic E-state index is 0.132. The summed E-state index contributed by atoms with van der Waals surface area (Å²) in [6, 6.07) is 15.3. The number of nitrogens with zero attached hydrogens (tertiary/aromatic N) is 1. The molecule has 0 saturated carbocycles. The second-order valence-electron chi connectivity index (χ2n) is 4.54. The lowest BCUT2D eigenvalue weighted by Crippen LogP contribution is -2.18. The quantitative estimate of drug-likeness (QED) is 0.658. The summed E-state index contributed by atoms with van der Waals surface area (Å²) in [7, 11) is 0. The number of hydrogen-bond acceptors (Lipinski definition) is 3. The van der Waals surface area contributed by atoms with Gasteiger partial charge in [0.15, 0.2) is 0 Å². The number of nitro groups is 1. The zero-order valence-electron chi connectivity index (χ0n) is 11.0. The predicted octanol–water partition coefficient (Wildman–Crippen LogP) is 4.21. The highest BCUT2D eigenvalue weighted by atomic mass is 79.9. The van der Waals surface area contributed by atoms with E-state index in [2.05, 4.69) is 21.2 Å². The maximum Gasteiger partial charge on any atom is 0.275 e. The number of benzene rings is 2. The van der Waals surface area contributed by atoms with Crippen molar-refractivity contribution in [1.29, 1.82) is 0 Å². The van der Waals surface area contributed by atoms with Crippen molar-refractivity contribution in [3.8, 4) is 0 Å². The zero-order chi connectivity index (χ0) is 14.5. The van der Waals surface area contributed by atoms with E-state index in [-0.39, 0.29) is 16.7 Å². The Labute approximate surface area is 126 Å². The van der Waals surface area contributed by atoms with Gasteiger partial charge in [-0.1, -0.05) is 46.3 Å². The molecule has 20 heavy (non-hydrogen) atoms. The Bertz CT molecular complexity index is 602. The summed E-state index contributed by atoms with van der Waals surface area (Å²) in [6.45, 7) is 2.50. The number of hydrogen-bond donors (Lipinski definition) is 1. The Kier molecular flexibility index (Phi) is 4.87. The Hall–Kier alpha value is -1.72. The first-order valence-electron chi connectivity index (χ1n) is 6.29. The van der Waals surface area contributed by atoms with Crippen molar-refractivity contribution in [3.05, 3.63) is 74.2 Å². The summed E-state index contributed by atoms with van der Waals surface area (Å²) in [4.78, 5) is 10.7. The van der Waals surface area contributed by atoms with Crippen molar-refractivity contribution in [3.63, 3.8) is 0 Å². The Morgan fingerprint density at radius 1 is 1.25 bits per heavy atom. The minimum atomic E-state index is -0.352. The van der Waals surface area contributed by atoms with Gasteiger partial charge in [0.2, 0.25) is 0 Å². The second kappa shape index (κ2) is 6.63. The number of halogens is 1. The van der Waals surface area contributed by atoms with Crippen LogP contribution >= 0.6 is 15.9 Å². The molecule has 2 aromatic rings. The first-order valence-corrected chi connectivity index (χ1v) is 7.08. The lowest BCUT2D eigenvalue weighted by molar-refractivity contribution is -0.385. The minimum Gasteiger partial charge on any atom is -0.306 e. The molecule has 0 amide bonds. The van der Waals surface area contributed by atoms with Crippen LogP contribution in [0.5, 0.6) is 0 Å². The standard InChI is InChI=1S/C15H15BrN2O2/c1-11(12-5-3-2-4-6-12)17-10-13-7-8-14(16)9-15(13)18(19)20/h2-9,11,17H,10H2,1H3/t11-/m1/s1. The van der Waals surface area contributed by atoms with Crippen molar-refractivity contribution >= 4 is 21.6 Å². The van der Waals surface area contributed by atoms with Gasteiger partial charge in [0.05, 0.1) is 4.92 Å². The van der Waals surface area contributed by atoms with Crippen molar-refractivity contribution in [2.24, 2.45) is 0 Å². The molecule has 4 nitrogen and oxygen atoms in total. The molecule has 104 valence electrons. The largest absolute Gasteiger partial charge is 0.306 e. The number of nitrogens with one attached hydrogen (secondary N) is 1. The molecule has 0 aromatic heterocycles. The topological polar surface area (TPSA) is 55.2 Å². The van der Waals surface area contributed by atoms with E-state index in [4.69, 9.17) is 0 Å². The summed E-state index contributed by atoms with van der Waals surface area (Å²) < 4.78 is 0.712. The summed E-state index contributed by atoms with van der Waals surface area (Å²) in [5.74, 6) is 0. The van der Waals surface area contributed by atoms with E-state index in [0.717, 1.165) is 5.56 Å². The fourth-order valence-corrected chi connectivity index (χ4v) is 2.33. The first kappa shape index (κ1) is 14.7. The molecular weight excluding hydrogens is 320 g/mol. The molecule has 0 saturated heterocycles. The van der Waals surface area contributed by atoms with Gasteiger partial charge in [-0.3, -0.25) is 10.1 Å². The Morgan fingerprint density at radius 3 is 2.60 bits per heavy atom. The van der Waals surface area contributed by atoms with Crippen LogP contribution in [0.25, 0.3) is 0 Å². The molecule has 0 bridgehead atoms.